The van der Waals surface area contributed by atoms with Crippen molar-refractivity contribution in [1.82, 2.24) is 9.55 Å². The van der Waals surface area contributed by atoms with Crippen LogP contribution in [0.1, 0.15) is 47.8 Å². The first-order valence-corrected chi connectivity index (χ1v) is 11.5. The SMILES string of the molecule is Cn1cnc(C2CC3CC(CS(N)=O)CC3C2)c1C(=O)Nc1ccc(F)c(Cl)c1. The van der Waals surface area contributed by atoms with E-state index in [1.165, 1.54) is 18.2 Å². The van der Waals surface area contributed by atoms with E-state index in [1.54, 1.807) is 17.9 Å². The van der Waals surface area contributed by atoms with Gasteiger partial charge in [0, 0.05) is 24.4 Å². The van der Waals surface area contributed by atoms with Gasteiger partial charge in [0.25, 0.3) is 5.91 Å². The average molecular weight is 439 g/mol. The number of nitrogens with zero attached hydrogens (tertiary/aromatic N) is 2. The van der Waals surface area contributed by atoms with E-state index in [1.807, 2.05) is 0 Å². The number of aryl methyl sites for hydroxylation is 1. The molecular formula is C20H24ClFN4O2S. The van der Waals surface area contributed by atoms with E-state index in [-0.39, 0.29) is 16.8 Å². The molecule has 4 rings (SSSR count). The highest BCUT2D eigenvalue weighted by molar-refractivity contribution is 7.82. The summed E-state index contributed by atoms with van der Waals surface area (Å²) in [4.78, 5) is 17.5. The number of fused-ring (bicyclic) bond motifs is 1. The van der Waals surface area contributed by atoms with Gasteiger partial charge in [-0.3, -0.25) is 9.93 Å². The molecule has 2 aliphatic carbocycles. The fourth-order valence-corrected chi connectivity index (χ4v) is 6.04. The fourth-order valence-electron chi connectivity index (χ4n) is 5.12. The maximum Gasteiger partial charge on any atom is 0.274 e. The van der Waals surface area contributed by atoms with E-state index in [9.17, 15) is 13.4 Å². The Bertz CT molecular complexity index is 952. The van der Waals surface area contributed by atoms with Crippen LogP contribution in [0.5, 0.6) is 0 Å². The third kappa shape index (κ3) is 4.25. The summed E-state index contributed by atoms with van der Waals surface area (Å²) in [5, 5.41) is 8.22. The molecule has 6 nitrogen and oxygen atoms in total. The highest BCUT2D eigenvalue weighted by atomic mass is 35.5. The van der Waals surface area contributed by atoms with E-state index < -0.39 is 16.8 Å². The van der Waals surface area contributed by atoms with Gasteiger partial charge in [-0.15, -0.1) is 0 Å². The molecule has 0 radical (unpaired) electrons. The van der Waals surface area contributed by atoms with Gasteiger partial charge in [0.05, 0.1) is 28.0 Å². The first-order valence-electron chi connectivity index (χ1n) is 9.72. The van der Waals surface area contributed by atoms with Gasteiger partial charge in [0.1, 0.15) is 11.5 Å². The number of nitrogens with two attached hydrogens (primary N) is 1. The Morgan fingerprint density at radius 1 is 1.34 bits per heavy atom. The maximum atomic E-state index is 13.4. The quantitative estimate of drug-likeness (QED) is 0.747. The van der Waals surface area contributed by atoms with Gasteiger partial charge in [-0.05, 0) is 61.6 Å². The number of anilines is 1. The van der Waals surface area contributed by atoms with Crippen LogP contribution >= 0.6 is 11.6 Å². The predicted molar refractivity (Wildman–Crippen MR) is 111 cm³/mol. The number of hydrogen-bond acceptors (Lipinski definition) is 3. The Morgan fingerprint density at radius 2 is 2.03 bits per heavy atom. The number of carbonyl (C=O) groups excluding carboxylic acids is 1. The van der Waals surface area contributed by atoms with Crippen molar-refractivity contribution in [2.75, 3.05) is 11.1 Å². The molecule has 2 aromatic rings. The number of nitrogens with one attached hydrogen (secondary N) is 1. The molecule has 29 heavy (non-hydrogen) atoms. The third-order valence-corrected chi connectivity index (χ3v) is 7.35. The van der Waals surface area contributed by atoms with E-state index in [2.05, 4.69) is 10.3 Å². The summed E-state index contributed by atoms with van der Waals surface area (Å²) < 4.78 is 26.4. The van der Waals surface area contributed by atoms with E-state index >= 15 is 0 Å². The lowest BCUT2D eigenvalue weighted by molar-refractivity contribution is 0.101. The Labute approximate surface area is 176 Å². The number of halogens is 2. The second-order valence-electron chi connectivity index (χ2n) is 8.25. The predicted octanol–water partition coefficient (Wildman–Crippen LogP) is 3.61. The maximum absolute atomic E-state index is 13.4. The van der Waals surface area contributed by atoms with Crippen molar-refractivity contribution in [3.05, 3.63) is 46.8 Å². The molecule has 2 aliphatic rings. The molecule has 3 N–H and O–H groups in total. The van der Waals surface area contributed by atoms with Crippen molar-refractivity contribution in [2.45, 2.75) is 31.6 Å². The van der Waals surface area contributed by atoms with Crippen LogP contribution in [0.3, 0.4) is 0 Å². The topological polar surface area (TPSA) is 90.0 Å². The van der Waals surface area contributed by atoms with E-state index in [4.69, 9.17) is 16.7 Å². The molecule has 0 bridgehead atoms. The first kappa shape index (κ1) is 20.5. The van der Waals surface area contributed by atoms with Crippen LogP contribution in [0.4, 0.5) is 10.1 Å². The average Bonchev–Trinajstić information content (AvgIpc) is 3.30. The molecular weight excluding hydrogens is 415 g/mol. The van der Waals surface area contributed by atoms with Crippen molar-refractivity contribution in [3.63, 3.8) is 0 Å². The minimum absolute atomic E-state index is 0.0374. The Balaban J connectivity index is 1.48. The third-order valence-electron chi connectivity index (χ3n) is 6.26. The molecule has 2 fully saturated rings. The normalized spacial score (nSPS) is 27.0. The summed E-state index contributed by atoms with van der Waals surface area (Å²) in [5.41, 5.74) is 1.77. The number of rotatable bonds is 5. The Hall–Kier alpha value is -1.77. The molecule has 1 aromatic carbocycles. The molecule has 1 heterocycles. The van der Waals surface area contributed by atoms with Gasteiger partial charge in [-0.25, -0.2) is 13.6 Å². The number of aromatic nitrogens is 2. The van der Waals surface area contributed by atoms with Gasteiger partial charge < -0.3 is 9.88 Å². The zero-order chi connectivity index (χ0) is 20.7. The minimum atomic E-state index is -1.24. The highest BCUT2D eigenvalue weighted by Gasteiger charge is 2.43. The summed E-state index contributed by atoms with van der Waals surface area (Å²) >= 11 is 5.82. The summed E-state index contributed by atoms with van der Waals surface area (Å²) in [7, 11) is 0.558. The Morgan fingerprint density at radius 3 is 2.66 bits per heavy atom. The molecule has 3 atom stereocenters. The van der Waals surface area contributed by atoms with Gasteiger partial charge in [-0.1, -0.05) is 11.6 Å². The van der Waals surface area contributed by atoms with Crippen molar-refractivity contribution in [3.8, 4) is 0 Å². The van der Waals surface area contributed by atoms with Crippen molar-refractivity contribution >= 4 is 34.2 Å². The minimum Gasteiger partial charge on any atom is -0.329 e. The van der Waals surface area contributed by atoms with Crippen molar-refractivity contribution in [1.29, 1.82) is 0 Å². The summed E-state index contributed by atoms with van der Waals surface area (Å²) in [6, 6.07) is 4.11. The standard InChI is InChI=1S/C20H24ClFN4O2S/c1-26-10-24-18(14-6-12-4-11(9-29(23)28)5-13(12)7-14)19(26)20(27)25-15-2-3-17(22)16(21)8-15/h2-3,8,10-14H,4-7,9,23H2,1H3,(H,25,27). The molecule has 9 heteroatoms. The second-order valence-corrected chi connectivity index (χ2v) is 9.75. The van der Waals surface area contributed by atoms with Gasteiger partial charge >= 0.3 is 0 Å². The zero-order valence-electron chi connectivity index (χ0n) is 16.1. The molecule has 2 saturated carbocycles. The van der Waals surface area contributed by atoms with Crippen LogP contribution in [0, 0.1) is 23.6 Å². The molecule has 156 valence electrons. The smallest absolute Gasteiger partial charge is 0.274 e. The van der Waals surface area contributed by atoms with Gasteiger partial charge in [-0.2, -0.15) is 0 Å². The zero-order valence-corrected chi connectivity index (χ0v) is 17.7. The van der Waals surface area contributed by atoms with E-state index in [0.717, 1.165) is 31.4 Å². The number of hydrogen-bond donors (Lipinski definition) is 2. The number of benzene rings is 1. The van der Waals surface area contributed by atoms with Crippen LogP contribution in [-0.4, -0.2) is 25.4 Å². The lowest BCUT2D eigenvalue weighted by atomic mass is 9.95. The van der Waals surface area contributed by atoms with Crippen molar-refractivity contribution in [2.24, 2.45) is 29.9 Å². The molecule has 0 saturated heterocycles. The summed E-state index contributed by atoms with van der Waals surface area (Å²) in [5.74, 6) is 1.58. The summed E-state index contributed by atoms with van der Waals surface area (Å²) in [6.07, 6.45) is 5.73. The molecule has 1 aromatic heterocycles. The largest absolute Gasteiger partial charge is 0.329 e. The molecule has 3 unspecified atom stereocenters. The first-order chi connectivity index (χ1) is 13.8. The lowest BCUT2D eigenvalue weighted by Gasteiger charge is -2.15. The highest BCUT2D eigenvalue weighted by Crippen LogP contribution is 2.52. The van der Waals surface area contributed by atoms with Crippen LogP contribution in [0.25, 0.3) is 0 Å². The molecule has 1 amide bonds. The number of imidazole rings is 1. The Kier molecular flexibility index (Phi) is 5.77. The number of carbonyl (C=O) groups is 1. The summed E-state index contributed by atoms with van der Waals surface area (Å²) in [6.45, 7) is 0. The van der Waals surface area contributed by atoms with E-state index in [0.29, 0.717) is 34.9 Å². The van der Waals surface area contributed by atoms with Crippen LogP contribution in [-0.2, 0) is 18.0 Å². The fraction of sp³-hybridized carbons (Fsp3) is 0.500. The van der Waals surface area contributed by atoms with Crippen LogP contribution in [0.15, 0.2) is 24.5 Å². The monoisotopic (exact) mass is 438 g/mol. The molecule has 0 aliphatic heterocycles. The van der Waals surface area contributed by atoms with Crippen LogP contribution < -0.4 is 10.5 Å². The lowest BCUT2D eigenvalue weighted by Crippen LogP contribution is -2.19. The van der Waals surface area contributed by atoms with Gasteiger partial charge in [0.15, 0.2) is 0 Å². The van der Waals surface area contributed by atoms with Gasteiger partial charge in [0.2, 0.25) is 0 Å². The van der Waals surface area contributed by atoms with Crippen molar-refractivity contribution < 1.29 is 13.4 Å². The second kappa shape index (κ2) is 8.16. The molecule has 0 spiro atoms. The van der Waals surface area contributed by atoms with Crippen LogP contribution in [0.2, 0.25) is 5.02 Å². The number of amides is 1.